The Kier molecular flexibility index (Phi) is 4.95. The molecule has 3 heterocycles. The van der Waals surface area contributed by atoms with Gasteiger partial charge in [0.15, 0.2) is 0 Å². The molecule has 7 nitrogen and oxygen atoms in total. The summed E-state index contributed by atoms with van der Waals surface area (Å²) in [6, 6.07) is 5.04. The second-order valence-electron chi connectivity index (χ2n) is 5.24. The summed E-state index contributed by atoms with van der Waals surface area (Å²) in [6.07, 6.45) is 3.54. The average Bonchev–Trinajstić information content (AvgIpc) is 3.25. The Hall–Kier alpha value is -2.61. The first-order valence-electron chi connectivity index (χ1n) is 7.67. The van der Waals surface area contributed by atoms with E-state index in [1.54, 1.807) is 24.6 Å². The highest BCUT2D eigenvalue weighted by Gasteiger charge is 2.19. The third kappa shape index (κ3) is 3.65. The molecule has 1 amide bonds. The van der Waals surface area contributed by atoms with Crippen LogP contribution < -0.4 is 5.32 Å². The lowest BCUT2D eigenvalue weighted by Gasteiger charge is -2.07. The van der Waals surface area contributed by atoms with Crippen LogP contribution in [0.5, 0.6) is 0 Å². The van der Waals surface area contributed by atoms with Gasteiger partial charge in [0.25, 0.3) is 5.91 Å². The lowest BCUT2D eigenvalue weighted by Crippen LogP contribution is -2.27. The van der Waals surface area contributed by atoms with Crippen LogP contribution in [0.15, 0.2) is 34.3 Å². The molecule has 1 atom stereocenters. The predicted octanol–water partition coefficient (Wildman–Crippen LogP) is 3.03. The molecule has 0 aliphatic carbocycles. The molecule has 0 spiro atoms. The van der Waals surface area contributed by atoms with Crippen molar-refractivity contribution in [1.29, 1.82) is 0 Å². The normalized spacial score (nSPS) is 12.1. The number of carbonyl (C=O) groups excluding carboxylic acids is 1. The SMILES string of the molecule is CCCc1nc(C(=O)NC(C)c2nc(-c3ccccn3)no2)cs1. The molecule has 3 aromatic heterocycles. The number of carbonyl (C=O) groups is 1. The van der Waals surface area contributed by atoms with Crippen molar-refractivity contribution in [3.8, 4) is 11.5 Å². The highest BCUT2D eigenvalue weighted by atomic mass is 32.1. The largest absolute Gasteiger partial charge is 0.339 e. The number of aryl methyl sites for hydroxylation is 1. The first kappa shape index (κ1) is 16.3. The van der Waals surface area contributed by atoms with Gasteiger partial charge in [-0.15, -0.1) is 11.3 Å². The highest BCUT2D eigenvalue weighted by molar-refractivity contribution is 7.09. The first-order chi connectivity index (χ1) is 11.7. The Balaban J connectivity index is 1.67. The van der Waals surface area contributed by atoms with Crippen LogP contribution in [-0.4, -0.2) is 26.0 Å². The Morgan fingerprint density at radius 2 is 2.25 bits per heavy atom. The zero-order valence-corrected chi connectivity index (χ0v) is 14.2. The van der Waals surface area contributed by atoms with Crippen molar-refractivity contribution in [2.24, 2.45) is 0 Å². The molecule has 0 saturated heterocycles. The number of nitrogens with zero attached hydrogens (tertiary/aromatic N) is 4. The van der Waals surface area contributed by atoms with E-state index in [0.29, 0.717) is 23.1 Å². The van der Waals surface area contributed by atoms with Gasteiger partial charge in [0.1, 0.15) is 17.4 Å². The van der Waals surface area contributed by atoms with Crippen LogP contribution in [0.3, 0.4) is 0 Å². The van der Waals surface area contributed by atoms with E-state index >= 15 is 0 Å². The minimum atomic E-state index is -0.418. The quantitative estimate of drug-likeness (QED) is 0.739. The molecule has 124 valence electrons. The van der Waals surface area contributed by atoms with E-state index in [9.17, 15) is 4.79 Å². The summed E-state index contributed by atoms with van der Waals surface area (Å²) < 4.78 is 5.23. The molecule has 0 saturated carbocycles. The number of hydrogen-bond donors (Lipinski definition) is 1. The molecule has 1 N–H and O–H groups in total. The monoisotopic (exact) mass is 343 g/mol. The van der Waals surface area contributed by atoms with Gasteiger partial charge >= 0.3 is 0 Å². The van der Waals surface area contributed by atoms with Crippen LogP contribution in [0.25, 0.3) is 11.5 Å². The molecule has 3 aromatic rings. The number of rotatable bonds is 6. The molecule has 0 radical (unpaired) electrons. The van der Waals surface area contributed by atoms with Crippen LogP contribution in [0.1, 0.15) is 47.7 Å². The van der Waals surface area contributed by atoms with Gasteiger partial charge in [-0.1, -0.05) is 18.1 Å². The van der Waals surface area contributed by atoms with Gasteiger partial charge in [-0.3, -0.25) is 9.78 Å². The summed E-state index contributed by atoms with van der Waals surface area (Å²) in [7, 11) is 0. The number of hydrogen-bond acceptors (Lipinski definition) is 7. The number of nitrogens with one attached hydrogen (secondary N) is 1. The minimum Gasteiger partial charge on any atom is -0.339 e. The van der Waals surface area contributed by atoms with Gasteiger partial charge in [-0.2, -0.15) is 4.98 Å². The smallest absolute Gasteiger partial charge is 0.271 e. The third-order valence-corrected chi connectivity index (χ3v) is 4.21. The minimum absolute atomic E-state index is 0.251. The van der Waals surface area contributed by atoms with E-state index in [2.05, 4.69) is 32.3 Å². The van der Waals surface area contributed by atoms with Crippen molar-refractivity contribution in [2.75, 3.05) is 0 Å². The predicted molar refractivity (Wildman–Crippen MR) is 89.5 cm³/mol. The molecule has 0 bridgehead atoms. The fourth-order valence-electron chi connectivity index (χ4n) is 2.09. The zero-order valence-electron chi connectivity index (χ0n) is 13.4. The summed E-state index contributed by atoms with van der Waals surface area (Å²) >= 11 is 1.50. The topological polar surface area (TPSA) is 93.8 Å². The molecule has 1 unspecified atom stereocenters. The van der Waals surface area contributed by atoms with Gasteiger partial charge in [0, 0.05) is 11.6 Å². The lowest BCUT2D eigenvalue weighted by molar-refractivity contribution is 0.0928. The average molecular weight is 343 g/mol. The summed E-state index contributed by atoms with van der Waals surface area (Å²) in [6.45, 7) is 3.87. The lowest BCUT2D eigenvalue weighted by atomic mass is 10.3. The molecular weight excluding hydrogens is 326 g/mol. The van der Waals surface area contributed by atoms with Gasteiger partial charge in [0.05, 0.1) is 5.01 Å². The maximum absolute atomic E-state index is 12.3. The van der Waals surface area contributed by atoms with Crippen LogP contribution >= 0.6 is 11.3 Å². The summed E-state index contributed by atoms with van der Waals surface area (Å²) in [4.78, 5) is 25.0. The molecule has 0 aliphatic heterocycles. The fraction of sp³-hybridized carbons (Fsp3) is 0.312. The Labute approximate surface area is 143 Å². The van der Waals surface area contributed by atoms with E-state index in [1.807, 2.05) is 12.1 Å². The van der Waals surface area contributed by atoms with E-state index in [4.69, 9.17) is 4.52 Å². The number of amides is 1. The molecule has 0 aliphatic rings. The second kappa shape index (κ2) is 7.31. The number of pyridine rings is 1. The zero-order chi connectivity index (χ0) is 16.9. The van der Waals surface area contributed by atoms with Crippen molar-refractivity contribution in [2.45, 2.75) is 32.7 Å². The van der Waals surface area contributed by atoms with Crippen LogP contribution in [0.2, 0.25) is 0 Å². The Morgan fingerprint density at radius 1 is 1.38 bits per heavy atom. The number of aromatic nitrogens is 4. The molecule has 0 aromatic carbocycles. The summed E-state index contributed by atoms with van der Waals surface area (Å²) in [5, 5.41) is 9.45. The molecule has 8 heteroatoms. The van der Waals surface area contributed by atoms with Crippen LogP contribution in [-0.2, 0) is 6.42 Å². The standard InChI is InChI=1S/C16H17N5O2S/c1-3-6-13-19-12(9-24-13)15(22)18-10(2)16-20-14(21-23-16)11-7-4-5-8-17-11/h4-5,7-10H,3,6H2,1-2H3,(H,18,22). The first-order valence-corrected chi connectivity index (χ1v) is 8.55. The van der Waals surface area contributed by atoms with Crippen LogP contribution in [0, 0.1) is 0 Å². The van der Waals surface area contributed by atoms with Gasteiger partial charge in [0.2, 0.25) is 11.7 Å². The van der Waals surface area contributed by atoms with E-state index in [0.717, 1.165) is 17.8 Å². The van der Waals surface area contributed by atoms with Gasteiger partial charge < -0.3 is 9.84 Å². The molecule has 24 heavy (non-hydrogen) atoms. The molecular formula is C16H17N5O2S. The summed E-state index contributed by atoms with van der Waals surface area (Å²) in [5.41, 5.74) is 1.04. The van der Waals surface area contributed by atoms with E-state index in [-0.39, 0.29) is 5.91 Å². The maximum atomic E-state index is 12.3. The fourth-order valence-corrected chi connectivity index (χ4v) is 2.97. The van der Waals surface area contributed by atoms with Crippen molar-refractivity contribution in [1.82, 2.24) is 25.4 Å². The Bertz CT molecular complexity index is 815. The van der Waals surface area contributed by atoms with Crippen molar-refractivity contribution < 1.29 is 9.32 Å². The van der Waals surface area contributed by atoms with Crippen molar-refractivity contribution in [3.63, 3.8) is 0 Å². The summed E-state index contributed by atoms with van der Waals surface area (Å²) in [5.74, 6) is 0.470. The molecule has 0 fully saturated rings. The van der Waals surface area contributed by atoms with E-state index in [1.165, 1.54) is 11.3 Å². The maximum Gasteiger partial charge on any atom is 0.271 e. The molecule has 3 rings (SSSR count). The van der Waals surface area contributed by atoms with Gasteiger partial charge in [-0.25, -0.2) is 4.98 Å². The number of thiazole rings is 1. The third-order valence-electron chi connectivity index (χ3n) is 3.30. The Morgan fingerprint density at radius 3 is 3.00 bits per heavy atom. The van der Waals surface area contributed by atoms with E-state index < -0.39 is 6.04 Å². The van der Waals surface area contributed by atoms with Crippen molar-refractivity contribution >= 4 is 17.2 Å². The second-order valence-corrected chi connectivity index (χ2v) is 6.19. The highest BCUT2D eigenvalue weighted by Crippen LogP contribution is 2.17. The van der Waals surface area contributed by atoms with Crippen LogP contribution in [0.4, 0.5) is 0 Å². The van der Waals surface area contributed by atoms with Gasteiger partial charge in [-0.05, 0) is 31.9 Å². The van der Waals surface area contributed by atoms with Crippen molar-refractivity contribution in [3.05, 3.63) is 46.4 Å².